The number of hydrogen-bond donors (Lipinski definition) is 0. The van der Waals surface area contributed by atoms with Crippen molar-refractivity contribution >= 4 is 5.97 Å². The van der Waals surface area contributed by atoms with Crippen LogP contribution in [0.15, 0.2) is 47.1 Å². The summed E-state index contributed by atoms with van der Waals surface area (Å²) in [6.45, 7) is 0. The van der Waals surface area contributed by atoms with Crippen molar-refractivity contribution in [1.82, 2.24) is 0 Å². The van der Waals surface area contributed by atoms with Gasteiger partial charge in [-0.15, -0.1) is 0 Å². The minimum atomic E-state index is -4.59. The monoisotopic (exact) mass is 435 g/mol. The molecule has 0 atom stereocenters. The number of ether oxygens (including phenoxy) is 3. The van der Waals surface area contributed by atoms with Crippen molar-refractivity contribution in [2.45, 2.75) is 12.6 Å². The van der Waals surface area contributed by atoms with E-state index in [0.29, 0.717) is 28.4 Å². The standard InChI is InChI=1S/C22H19F3O6/c1-28-16-8-12(9-17(29-2)19(16)30-3)7-14-11-31-20(21(26)27)18(14)13-5-4-6-15(10-13)22(23,24)25/h4-6,8-11H,7H2,1-3H3,(H,26,27)/p-1. The molecule has 1 heterocycles. The Kier molecular flexibility index (Phi) is 6.14. The molecule has 164 valence electrons. The molecule has 0 saturated carbocycles. The van der Waals surface area contributed by atoms with Crippen LogP contribution in [0, 0.1) is 0 Å². The second-order valence-corrected chi connectivity index (χ2v) is 6.54. The zero-order valence-corrected chi connectivity index (χ0v) is 16.8. The number of hydrogen-bond acceptors (Lipinski definition) is 6. The lowest BCUT2D eigenvalue weighted by Gasteiger charge is -2.15. The molecule has 0 aliphatic heterocycles. The molecule has 2 aromatic carbocycles. The van der Waals surface area contributed by atoms with Crippen LogP contribution in [0.25, 0.3) is 11.1 Å². The summed E-state index contributed by atoms with van der Waals surface area (Å²) in [6.07, 6.45) is -3.28. The van der Waals surface area contributed by atoms with Crippen molar-refractivity contribution in [3.8, 4) is 28.4 Å². The van der Waals surface area contributed by atoms with Gasteiger partial charge in [-0.05, 0) is 35.4 Å². The Morgan fingerprint density at radius 2 is 1.68 bits per heavy atom. The molecule has 31 heavy (non-hydrogen) atoms. The van der Waals surface area contributed by atoms with Crippen LogP contribution in [0.4, 0.5) is 13.2 Å². The molecule has 0 spiro atoms. The predicted octanol–water partition coefficient (Wildman–Crippen LogP) is 3.95. The molecule has 1 aromatic heterocycles. The topological polar surface area (TPSA) is 81.0 Å². The summed E-state index contributed by atoms with van der Waals surface area (Å²) in [5.41, 5.74) is 0.139. The molecule has 6 nitrogen and oxygen atoms in total. The van der Waals surface area contributed by atoms with E-state index in [9.17, 15) is 23.1 Å². The zero-order valence-electron chi connectivity index (χ0n) is 16.8. The van der Waals surface area contributed by atoms with Crippen molar-refractivity contribution in [3.63, 3.8) is 0 Å². The molecule has 0 radical (unpaired) electrons. The average Bonchev–Trinajstić information content (AvgIpc) is 3.16. The number of alkyl halides is 3. The number of rotatable bonds is 7. The molecule has 0 unspecified atom stereocenters. The van der Waals surface area contributed by atoms with E-state index >= 15 is 0 Å². The van der Waals surface area contributed by atoms with Crippen LogP contribution in [0.5, 0.6) is 17.2 Å². The fourth-order valence-electron chi connectivity index (χ4n) is 3.30. The molecule has 3 rings (SSSR count). The predicted molar refractivity (Wildman–Crippen MR) is 102 cm³/mol. The molecular formula is C22H18F3O6-. The highest BCUT2D eigenvalue weighted by Crippen LogP contribution is 2.40. The van der Waals surface area contributed by atoms with Crippen LogP contribution < -0.4 is 19.3 Å². The van der Waals surface area contributed by atoms with Crippen molar-refractivity contribution in [2.24, 2.45) is 0 Å². The summed E-state index contributed by atoms with van der Waals surface area (Å²) in [4.78, 5) is 11.5. The van der Waals surface area contributed by atoms with E-state index in [-0.39, 0.29) is 17.5 Å². The summed E-state index contributed by atoms with van der Waals surface area (Å²) >= 11 is 0. The molecule has 0 aliphatic rings. The van der Waals surface area contributed by atoms with Gasteiger partial charge in [0.15, 0.2) is 17.3 Å². The van der Waals surface area contributed by atoms with Gasteiger partial charge in [0.05, 0.1) is 33.2 Å². The Labute approximate surface area is 175 Å². The summed E-state index contributed by atoms with van der Waals surface area (Å²) in [7, 11) is 4.34. The van der Waals surface area contributed by atoms with Gasteiger partial charge in [0, 0.05) is 17.5 Å². The number of halogens is 3. The Morgan fingerprint density at radius 1 is 1.03 bits per heavy atom. The van der Waals surface area contributed by atoms with Gasteiger partial charge in [-0.2, -0.15) is 13.2 Å². The third-order valence-corrected chi connectivity index (χ3v) is 4.65. The van der Waals surface area contributed by atoms with E-state index < -0.39 is 23.5 Å². The fourth-order valence-corrected chi connectivity index (χ4v) is 3.30. The Hall–Kier alpha value is -3.62. The van der Waals surface area contributed by atoms with E-state index in [1.54, 1.807) is 12.1 Å². The van der Waals surface area contributed by atoms with E-state index in [4.69, 9.17) is 18.6 Å². The van der Waals surface area contributed by atoms with E-state index in [1.807, 2.05) is 0 Å². The highest BCUT2D eigenvalue weighted by Gasteiger charge is 2.31. The number of carbonyl (C=O) groups is 1. The number of carboxylic acid groups (broad SMARTS) is 1. The number of methoxy groups -OCH3 is 3. The first-order chi connectivity index (χ1) is 14.7. The summed E-state index contributed by atoms with van der Waals surface area (Å²) in [5, 5.41) is 11.5. The lowest BCUT2D eigenvalue weighted by molar-refractivity contribution is -0.257. The normalized spacial score (nSPS) is 11.3. The smallest absolute Gasteiger partial charge is 0.416 e. The lowest BCUT2D eigenvalue weighted by atomic mass is 9.95. The highest BCUT2D eigenvalue weighted by atomic mass is 19.4. The largest absolute Gasteiger partial charge is 0.542 e. The van der Waals surface area contributed by atoms with Crippen LogP contribution in [0.3, 0.4) is 0 Å². The van der Waals surface area contributed by atoms with Gasteiger partial charge in [0.2, 0.25) is 5.75 Å². The summed E-state index contributed by atoms with van der Waals surface area (Å²) < 4.78 is 60.5. The number of furan rings is 1. The molecule has 9 heteroatoms. The summed E-state index contributed by atoms with van der Waals surface area (Å²) in [5.74, 6) is -1.07. The molecule has 0 bridgehead atoms. The number of carboxylic acids is 1. The number of aromatic carboxylic acids is 1. The molecule has 0 fully saturated rings. The van der Waals surface area contributed by atoms with Crippen LogP contribution in [-0.2, 0) is 12.6 Å². The first-order valence-electron chi connectivity index (χ1n) is 8.97. The summed E-state index contributed by atoms with van der Waals surface area (Å²) in [6, 6.07) is 7.67. The molecule has 3 aromatic rings. The quantitative estimate of drug-likeness (QED) is 0.559. The van der Waals surface area contributed by atoms with E-state index in [2.05, 4.69) is 0 Å². The van der Waals surface area contributed by atoms with Crippen molar-refractivity contribution in [1.29, 1.82) is 0 Å². The fraction of sp³-hybridized carbons (Fsp3) is 0.227. The van der Waals surface area contributed by atoms with E-state index in [0.717, 1.165) is 12.1 Å². The maximum absolute atomic E-state index is 13.2. The van der Waals surface area contributed by atoms with E-state index in [1.165, 1.54) is 39.7 Å². The van der Waals surface area contributed by atoms with Gasteiger partial charge in [0.1, 0.15) is 5.97 Å². The molecular weight excluding hydrogens is 417 g/mol. The van der Waals surface area contributed by atoms with Gasteiger partial charge in [-0.1, -0.05) is 12.1 Å². The maximum atomic E-state index is 13.2. The van der Waals surface area contributed by atoms with Gasteiger partial charge in [-0.25, -0.2) is 0 Å². The SMILES string of the molecule is COc1cc(Cc2coc(C(=O)[O-])c2-c2cccc(C(F)(F)F)c2)cc(OC)c1OC. The van der Waals surface area contributed by atoms with Crippen molar-refractivity contribution in [2.75, 3.05) is 21.3 Å². The maximum Gasteiger partial charge on any atom is 0.416 e. The highest BCUT2D eigenvalue weighted by molar-refractivity contribution is 5.93. The van der Waals surface area contributed by atoms with Gasteiger partial charge in [-0.3, -0.25) is 0 Å². The lowest BCUT2D eigenvalue weighted by Crippen LogP contribution is -2.22. The van der Waals surface area contributed by atoms with Gasteiger partial charge < -0.3 is 28.5 Å². The van der Waals surface area contributed by atoms with Gasteiger partial charge in [0.25, 0.3) is 0 Å². The number of carbonyl (C=O) groups excluding carboxylic acids is 1. The second kappa shape index (κ2) is 8.63. The third kappa shape index (κ3) is 4.45. The Morgan fingerprint density at radius 3 is 2.19 bits per heavy atom. The van der Waals surface area contributed by atoms with Crippen LogP contribution in [-0.4, -0.2) is 27.3 Å². The first kappa shape index (κ1) is 22.1. The molecule has 0 amide bonds. The van der Waals surface area contributed by atoms with Gasteiger partial charge >= 0.3 is 6.18 Å². The van der Waals surface area contributed by atoms with Crippen molar-refractivity contribution < 1.29 is 41.7 Å². The minimum Gasteiger partial charge on any atom is -0.542 e. The molecule has 0 saturated heterocycles. The van der Waals surface area contributed by atoms with Crippen LogP contribution in [0.2, 0.25) is 0 Å². The van der Waals surface area contributed by atoms with Crippen molar-refractivity contribution in [3.05, 3.63) is 65.1 Å². The minimum absolute atomic E-state index is 0.0138. The Bertz CT molecular complexity index is 1080. The van der Waals surface area contributed by atoms with Crippen LogP contribution >= 0.6 is 0 Å². The zero-order chi connectivity index (χ0) is 22.8. The average molecular weight is 435 g/mol. The first-order valence-corrected chi connectivity index (χ1v) is 8.97. The van der Waals surface area contributed by atoms with Crippen LogP contribution in [0.1, 0.15) is 27.2 Å². The second-order valence-electron chi connectivity index (χ2n) is 6.54. The Balaban J connectivity index is 2.12. The number of benzene rings is 2. The third-order valence-electron chi connectivity index (χ3n) is 4.65. The molecule has 0 N–H and O–H groups in total. The molecule has 0 aliphatic carbocycles.